The summed E-state index contributed by atoms with van der Waals surface area (Å²) in [6.45, 7) is 2.03. The predicted octanol–water partition coefficient (Wildman–Crippen LogP) is 3.60. The van der Waals surface area contributed by atoms with Gasteiger partial charge in [0.05, 0.1) is 11.4 Å². The van der Waals surface area contributed by atoms with Crippen LogP contribution in [0.2, 0.25) is 5.02 Å². The summed E-state index contributed by atoms with van der Waals surface area (Å²) in [5.74, 6) is 0.661. The van der Waals surface area contributed by atoms with E-state index in [9.17, 15) is 8.42 Å². The van der Waals surface area contributed by atoms with E-state index in [0.717, 1.165) is 5.56 Å². The number of nitrogens with zero attached hydrogens (tertiary/aromatic N) is 3. The molecule has 1 heterocycles. The maximum Gasteiger partial charge on any atom is 0.243 e. The first-order valence-corrected chi connectivity index (χ1v) is 9.46. The van der Waals surface area contributed by atoms with Crippen molar-refractivity contribution in [1.82, 2.24) is 14.4 Å². The van der Waals surface area contributed by atoms with Gasteiger partial charge in [-0.2, -0.15) is 9.29 Å². The van der Waals surface area contributed by atoms with E-state index in [1.807, 2.05) is 30.3 Å². The molecule has 8 heteroatoms. The number of aromatic nitrogens is 2. The van der Waals surface area contributed by atoms with Crippen molar-refractivity contribution >= 4 is 21.6 Å². The minimum Gasteiger partial charge on any atom is -0.338 e. The van der Waals surface area contributed by atoms with Crippen LogP contribution in [-0.4, -0.2) is 29.4 Å². The Morgan fingerprint density at radius 2 is 1.76 bits per heavy atom. The Hall–Kier alpha value is -2.22. The zero-order chi connectivity index (χ0) is 17.9. The number of hydrogen-bond donors (Lipinski definition) is 0. The molecule has 0 N–H and O–H groups in total. The number of rotatable bonds is 6. The molecule has 130 valence electrons. The van der Waals surface area contributed by atoms with Gasteiger partial charge in [0.15, 0.2) is 0 Å². The van der Waals surface area contributed by atoms with Crippen molar-refractivity contribution in [1.29, 1.82) is 0 Å². The summed E-state index contributed by atoms with van der Waals surface area (Å²) in [5.41, 5.74) is 0.807. The van der Waals surface area contributed by atoms with E-state index >= 15 is 0 Å². The standard InChI is InChI=1S/C17H16ClN3O3S/c1-2-21(25(22,23)15-10-8-14(18)9-11-15)12-16-19-17(20-24-16)13-6-4-3-5-7-13/h3-11H,2,12H2,1H3. The molecule has 1 aromatic heterocycles. The number of halogens is 1. The predicted molar refractivity (Wildman–Crippen MR) is 94.5 cm³/mol. The van der Waals surface area contributed by atoms with E-state index in [-0.39, 0.29) is 23.9 Å². The lowest BCUT2D eigenvalue weighted by Gasteiger charge is -2.18. The minimum atomic E-state index is -3.67. The van der Waals surface area contributed by atoms with Crippen LogP contribution in [0, 0.1) is 0 Å². The van der Waals surface area contributed by atoms with E-state index in [2.05, 4.69) is 10.1 Å². The monoisotopic (exact) mass is 377 g/mol. The summed E-state index contributed by atoms with van der Waals surface area (Å²) in [5, 5.41) is 4.39. The van der Waals surface area contributed by atoms with Gasteiger partial charge >= 0.3 is 0 Å². The summed E-state index contributed by atoms with van der Waals surface area (Å²) >= 11 is 5.82. The van der Waals surface area contributed by atoms with Crippen molar-refractivity contribution in [2.75, 3.05) is 6.54 Å². The van der Waals surface area contributed by atoms with Crippen LogP contribution in [0.1, 0.15) is 12.8 Å². The number of hydrogen-bond acceptors (Lipinski definition) is 5. The van der Waals surface area contributed by atoms with E-state index in [1.54, 1.807) is 19.1 Å². The van der Waals surface area contributed by atoms with E-state index < -0.39 is 10.0 Å². The maximum absolute atomic E-state index is 12.7. The van der Waals surface area contributed by atoms with Gasteiger partial charge in [0.2, 0.25) is 21.7 Å². The van der Waals surface area contributed by atoms with Crippen LogP contribution in [0.4, 0.5) is 0 Å². The van der Waals surface area contributed by atoms with Crippen molar-refractivity contribution < 1.29 is 12.9 Å². The van der Waals surface area contributed by atoms with Crippen LogP contribution in [0.3, 0.4) is 0 Å². The Labute approximate surface area is 151 Å². The molecule has 3 aromatic rings. The van der Waals surface area contributed by atoms with E-state index in [4.69, 9.17) is 16.1 Å². The Bertz CT molecular complexity index is 941. The molecule has 0 spiro atoms. The molecule has 0 aliphatic heterocycles. The second-order valence-electron chi connectivity index (χ2n) is 5.26. The number of sulfonamides is 1. The molecular weight excluding hydrogens is 362 g/mol. The lowest BCUT2D eigenvalue weighted by molar-refractivity contribution is 0.321. The fourth-order valence-electron chi connectivity index (χ4n) is 2.30. The highest BCUT2D eigenvalue weighted by Crippen LogP contribution is 2.21. The van der Waals surface area contributed by atoms with Gasteiger partial charge in [-0.05, 0) is 24.3 Å². The van der Waals surface area contributed by atoms with Crippen LogP contribution in [-0.2, 0) is 16.6 Å². The topological polar surface area (TPSA) is 76.3 Å². The molecule has 0 aliphatic carbocycles. The smallest absolute Gasteiger partial charge is 0.243 e. The molecule has 3 rings (SSSR count). The SMILES string of the molecule is CCN(Cc1nc(-c2ccccc2)no1)S(=O)(=O)c1ccc(Cl)cc1. The van der Waals surface area contributed by atoms with Crippen molar-refractivity contribution in [2.45, 2.75) is 18.4 Å². The second-order valence-corrected chi connectivity index (χ2v) is 7.64. The molecule has 0 saturated carbocycles. The lowest BCUT2D eigenvalue weighted by atomic mass is 10.2. The van der Waals surface area contributed by atoms with Crippen LogP contribution in [0.5, 0.6) is 0 Å². The van der Waals surface area contributed by atoms with Gasteiger partial charge in [0.1, 0.15) is 0 Å². The van der Waals surface area contributed by atoms with Gasteiger partial charge in [-0.1, -0.05) is 54.0 Å². The molecule has 0 atom stereocenters. The molecule has 0 amide bonds. The molecule has 0 unspecified atom stereocenters. The molecule has 6 nitrogen and oxygen atoms in total. The van der Waals surface area contributed by atoms with E-state index in [1.165, 1.54) is 16.4 Å². The Morgan fingerprint density at radius 3 is 2.40 bits per heavy atom. The highest BCUT2D eigenvalue weighted by molar-refractivity contribution is 7.89. The average molecular weight is 378 g/mol. The zero-order valence-corrected chi connectivity index (χ0v) is 15.0. The fourth-order valence-corrected chi connectivity index (χ4v) is 3.82. The van der Waals surface area contributed by atoms with Crippen LogP contribution < -0.4 is 0 Å². The summed E-state index contributed by atoms with van der Waals surface area (Å²) in [4.78, 5) is 4.45. The summed E-state index contributed by atoms with van der Waals surface area (Å²) in [7, 11) is -3.67. The quantitative estimate of drug-likeness (QED) is 0.656. The maximum atomic E-state index is 12.7. The van der Waals surface area contributed by atoms with Crippen molar-refractivity contribution in [3.05, 3.63) is 65.5 Å². The first-order valence-electron chi connectivity index (χ1n) is 7.64. The molecule has 0 fully saturated rings. The highest BCUT2D eigenvalue weighted by Gasteiger charge is 2.25. The first kappa shape index (κ1) is 17.6. The molecular formula is C17H16ClN3O3S. The first-order chi connectivity index (χ1) is 12.0. The molecule has 25 heavy (non-hydrogen) atoms. The third-order valence-electron chi connectivity index (χ3n) is 3.62. The van der Waals surface area contributed by atoms with E-state index in [0.29, 0.717) is 10.8 Å². The molecule has 2 aromatic carbocycles. The largest absolute Gasteiger partial charge is 0.338 e. The van der Waals surface area contributed by atoms with Crippen LogP contribution >= 0.6 is 11.6 Å². The van der Waals surface area contributed by atoms with Crippen molar-refractivity contribution in [3.63, 3.8) is 0 Å². The third kappa shape index (κ3) is 3.89. The fraction of sp³-hybridized carbons (Fsp3) is 0.176. The van der Waals surface area contributed by atoms with Gasteiger partial charge < -0.3 is 4.52 Å². The lowest BCUT2D eigenvalue weighted by Crippen LogP contribution is -2.30. The van der Waals surface area contributed by atoms with Crippen molar-refractivity contribution in [2.24, 2.45) is 0 Å². The van der Waals surface area contributed by atoms with Gasteiger partial charge in [-0.3, -0.25) is 0 Å². The Kier molecular flexibility index (Phi) is 5.17. The van der Waals surface area contributed by atoms with Crippen LogP contribution in [0.15, 0.2) is 64.0 Å². The van der Waals surface area contributed by atoms with Gasteiger partial charge in [0, 0.05) is 17.1 Å². The minimum absolute atomic E-state index is 0.00128. The molecule has 0 radical (unpaired) electrons. The molecule has 0 aliphatic rings. The summed E-state index contributed by atoms with van der Waals surface area (Å²) < 4.78 is 32.0. The molecule has 0 saturated heterocycles. The van der Waals surface area contributed by atoms with Gasteiger partial charge in [-0.25, -0.2) is 8.42 Å². The number of benzene rings is 2. The van der Waals surface area contributed by atoms with Crippen LogP contribution in [0.25, 0.3) is 11.4 Å². The average Bonchev–Trinajstić information content (AvgIpc) is 3.09. The summed E-state index contributed by atoms with van der Waals surface area (Å²) in [6.07, 6.45) is 0. The molecule has 0 bridgehead atoms. The van der Waals surface area contributed by atoms with Gasteiger partial charge in [0.25, 0.3) is 0 Å². The second kappa shape index (κ2) is 7.35. The van der Waals surface area contributed by atoms with Crippen molar-refractivity contribution in [3.8, 4) is 11.4 Å². The Morgan fingerprint density at radius 1 is 1.08 bits per heavy atom. The third-order valence-corrected chi connectivity index (χ3v) is 5.80. The summed E-state index contributed by atoms with van der Waals surface area (Å²) in [6, 6.07) is 15.4. The normalized spacial score (nSPS) is 11.8. The Balaban J connectivity index is 1.83. The zero-order valence-electron chi connectivity index (χ0n) is 13.5. The van der Waals surface area contributed by atoms with Gasteiger partial charge in [-0.15, -0.1) is 0 Å². The highest BCUT2D eigenvalue weighted by atomic mass is 35.5.